The van der Waals surface area contributed by atoms with Crippen LogP contribution in [0, 0.1) is 30.9 Å². The molecule has 1 aromatic heterocycles. The van der Waals surface area contributed by atoms with Crippen molar-refractivity contribution in [2.24, 2.45) is 0 Å². The number of nitro groups is 1. The van der Waals surface area contributed by atoms with Gasteiger partial charge in [0.05, 0.1) is 4.92 Å². The van der Waals surface area contributed by atoms with Gasteiger partial charge in [0.2, 0.25) is 11.8 Å². The van der Waals surface area contributed by atoms with Crippen molar-refractivity contribution in [3.05, 3.63) is 75.5 Å². The molecule has 132 valence electrons. The van der Waals surface area contributed by atoms with Crippen LogP contribution in [0.1, 0.15) is 16.8 Å². The molecule has 3 aromatic rings. The van der Waals surface area contributed by atoms with Gasteiger partial charge < -0.3 is 10.6 Å². The number of aryl methyl sites for hydroxylation is 3. The summed E-state index contributed by atoms with van der Waals surface area (Å²) >= 11 is 0. The van der Waals surface area contributed by atoms with Gasteiger partial charge in [0.25, 0.3) is 0 Å². The lowest BCUT2D eigenvalue weighted by Crippen LogP contribution is -2.08. The Morgan fingerprint density at radius 1 is 0.846 bits per heavy atom. The zero-order valence-corrected chi connectivity index (χ0v) is 14.8. The highest BCUT2D eigenvalue weighted by atomic mass is 16.6. The molecule has 2 aromatic carbocycles. The molecule has 26 heavy (non-hydrogen) atoms. The topological polar surface area (TPSA) is 93.0 Å². The van der Waals surface area contributed by atoms with Crippen molar-refractivity contribution in [2.45, 2.75) is 20.8 Å². The molecule has 0 bridgehead atoms. The molecule has 0 saturated carbocycles. The first-order valence-electron chi connectivity index (χ1n) is 8.14. The van der Waals surface area contributed by atoms with Crippen molar-refractivity contribution in [1.29, 1.82) is 0 Å². The Kier molecular flexibility index (Phi) is 4.79. The standard InChI is InChI=1S/C19H19N5O2/c1-12-8-4-6-10-15(12)21-18-17(24(25)26)14(3)20-19(23-18)22-16-11-7-5-9-13(16)2/h4-11H,1-3H3,(H2,20,21,22,23). The maximum absolute atomic E-state index is 11.5. The van der Waals surface area contributed by atoms with Crippen LogP contribution in [0.5, 0.6) is 0 Å². The number of rotatable bonds is 5. The smallest absolute Gasteiger partial charge is 0.332 e. The first kappa shape index (κ1) is 17.3. The molecule has 0 saturated heterocycles. The second-order valence-corrected chi connectivity index (χ2v) is 5.97. The van der Waals surface area contributed by atoms with Crippen LogP contribution >= 0.6 is 0 Å². The van der Waals surface area contributed by atoms with E-state index >= 15 is 0 Å². The van der Waals surface area contributed by atoms with Crippen LogP contribution in [0.25, 0.3) is 0 Å². The van der Waals surface area contributed by atoms with Crippen LogP contribution < -0.4 is 10.6 Å². The highest BCUT2D eigenvalue weighted by molar-refractivity contribution is 5.71. The predicted molar refractivity (Wildman–Crippen MR) is 102 cm³/mol. The minimum absolute atomic E-state index is 0.136. The third-order valence-electron chi connectivity index (χ3n) is 4.03. The van der Waals surface area contributed by atoms with Crippen LogP contribution in [0.15, 0.2) is 48.5 Å². The highest BCUT2D eigenvalue weighted by Gasteiger charge is 2.23. The largest absolute Gasteiger partial charge is 0.334 e. The number of nitrogens with one attached hydrogen (secondary N) is 2. The van der Waals surface area contributed by atoms with E-state index in [0.717, 1.165) is 22.5 Å². The quantitative estimate of drug-likeness (QED) is 0.508. The van der Waals surface area contributed by atoms with Gasteiger partial charge in [0.15, 0.2) is 0 Å². The maximum atomic E-state index is 11.5. The number of aromatic nitrogens is 2. The van der Waals surface area contributed by atoms with Crippen LogP contribution in [-0.4, -0.2) is 14.9 Å². The maximum Gasteiger partial charge on any atom is 0.332 e. The number of benzene rings is 2. The molecule has 0 atom stereocenters. The summed E-state index contributed by atoms with van der Waals surface area (Å²) in [4.78, 5) is 19.6. The van der Waals surface area contributed by atoms with E-state index in [9.17, 15) is 10.1 Å². The van der Waals surface area contributed by atoms with Crippen LogP contribution in [0.2, 0.25) is 0 Å². The molecule has 3 rings (SSSR count). The van der Waals surface area contributed by atoms with Crippen LogP contribution in [0.3, 0.4) is 0 Å². The van der Waals surface area contributed by atoms with Crippen LogP contribution in [0.4, 0.5) is 28.8 Å². The Hall–Kier alpha value is -3.48. The van der Waals surface area contributed by atoms with E-state index in [2.05, 4.69) is 20.6 Å². The lowest BCUT2D eigenvalue weighted by Gasteiger charge is -2.13. The van der Waals surface area contributed by atoms with Gasteiger partial charge in [-0.2, -0.15) is 4.98 Å². The van der Waals surface area contributed by atoms with Gasteiger partial charge in [-0.3, -0.25) is 10.1 Å². The summed E-state index contributed by atoms with van der Waals surface area (Å²) in [5, 5.41) is 17.7. The van der Waals surface area contributed by atoms with E-state index in [1.807, 2.05) is 62.4 Å². The lowest BCUT2D eigenvalue weighted by molar-refractivity contribution is -0.385. The van der Waals surface area contributed by atoms with E-state index < -0.39 is 4.92 Å². The number of hydrogen-bond acceptors (Lipinski definition) is 6. The molecule has 0 unspecified atom stereocenters. The number of anilines is 4. The third kappa shape index (κ3) is 3.61. The molecule has 7 nitrogen and oxygen atoms in total. The number of hydrogen-bond donors (Lipinski definition) is 2. The zero-order valence-electron chi connectivity index (χ0n) is 14.8. The van der Waals surface area contributed by atoms with Gasteiger partial charge in [-0.25, -0.2) is 4.98 Å². The minimum atomic E-state index is -0.465. The van der Waals surface area contributed by atoms with Crippen LogP contribution in [-0.2, 0) is 0 Å². The number of nitrogens with zero attached hydrogens (tertiary/aromatic N) is 3. The van der Waals surface area contributed by atoms with Crippen molar-refractivity contribution >= 4 is 28.8 Å². The summed E-state index contributed by atoms with van der Waals surface area (Å²) in [6.07, 6.45) is 0. The molecule has 7 heteroatoms. The Morgan fingerprint density at radius 3 is 1.92 bits per heavy atom. The normalized spacial score (nSPS) is 10.4. The predicted octanol–water partition coefficient (Wildman–Crippen LogP) is 4.80. The third-order valence-corrected chi connectivity index (χ3v) is 4.03. The summed E-state index contributed by atoms with van der Waals surface area (Å²) < 4.78 is 0. The molecule has 0 aliphatic heterocycles. The van der Waals surface area contributed by atoms with Gasteiger partial charge in [-0.15, -0.1) is 0 Å². The molecule has 0 amide bonds. The van der Waals surface area contributed by atoms with Gasteiger partial charge in [-0.05, 0) is 44.0 Å². The minimum Gasteiger partial charge on any atom is -0.334 e. The Labute approximate surface area is 151 Å². The summed E-state index contributed by atoms with van der Waals surface area (Å²) in [5.41, 5.74) is 3.76. The summed E-state index contributed by atoms with van der Waals surface area (Å²) in [6, 6.07) is 15.3. The molecular weight excluding hydrogens is 330 g/mol. The molecular formula is C19H19N5O2. The monoisotopic (exact) mass is 349 g/mol. The van der Waals surface area contributed by atoms with E-state index in [-0.39, 0.29) is 17.2 Å². The van der Waals surface area contributed by atoms with Crippen molar-refractivity contribution < 1.29 is 4.92 Å². The number of para-hydroxylation sites is 2. The molecule has 0 radical (unpaired) electrons. The second-order valence-electron chi connectivity index (χ2n) is 5.97. The molecule has 1 heterocycles. The van der Waals surface area contributed by atoms with Gasteiger partial charge in [0, 0.05) is 11.4 Å². The fourth-order valence-corrected chi connectivity index (χ4v) is 2.60. The summed E-state index contributed by atoms with van der Waals surface area (Å²) in [7, 11) is 0. The van der Waals surface area contributed by atoms with Gasteiger partial charge in [0.1, 0.15) is 5.69 Å². The lowest BCUT2D eigenvalue weighted by atomic mass is 10.2. The molecule has 0 fully saturated rings. The fraction of sp³-hybridized carbons (Fsp3) is 0.158. The molecule has 0 aliphatic carbocycles. The molecule has 0 aliphatic rings. The van der Waals surface area contributed by atoms with E-state index in [4.69, 9.17) is 0 Å². The Bertz CT molecular complexity index is 972. The summed E-state index contributed by atoms with van der Waals surface area (Å²) in [6.45, 7) is 5.49. The van der Waals surface area contributed by atoms with E-state index in [1.54, 1.807) is 6.92 Å². The zero-order chi connectivity index (χ0) is 18.7. The average molecular weight is 349 g/mol. The van der Waals surface area contributed by atoms with Gasteiger partial charge >= 0.3 is 5.69 Å². The first-order chi connectivity index (χ1) is 12.5. The second kappa shape index (κ2) is 7.18. The van der Waals surface area contributed by atoms with Crippen molar-refractivity contribution in [3.63, 3.8) is 0 Å². The highest BCUT2D eigenvalue weighted by Crippen LogP contribution is 2.31. The van der Waals surface area contributed by atoms with E-state index in [1.165, 1.54) is 0 Å². The summed E-state index contributed by atoms with van der Waals surface area (Å²) in [5.74, 6) is 0.464. The van der Waals surface area contributed by atoms with Gasteiger partial charge in [-0.1, -0.05) is 36.4 Å². The fourth-order valence-electron chi connectivity index (χ4n) is 2.60. The Balaban J connectivity index is 2.03. The average Bonchev–Trinajstić information content (AvgIpc) is 2.58. The molecule has 2 N–H and O–H groups in total. The van der Waals surface area contributed by atoms with Crippen molar-refractivity contribution in [3.8, 4) is 0 Å². The van der Waals surface area contributed by atoms with E-state index in [0.29, 0.717) is 5.95 Å². The van der Waals surface area contributed by atoms with Crippen molar-refractivity contribution in [2.75, 3.05) is 10.6 Å². The molecule has 0 spiro atoms. The first-order valence-corrected chi connectivity index (χ1v) is 8.14. The Morgan fingerprint density at radius 2 is 1.38 bits per heavy atom. The SMILES string of the molecule is Cc1ccccc1Nc1nc(C)c([N+](=O)[O-])c(Nc2ccccc2C)n1. The van der Waals surface area contributed by atoms with Crippen molar-refractivity contribution in [1.82, 2.24) is 9.97 Å².